The summed E-state index contributed by atoms with van der Waals surface area (Å²) in [6.45, 7) is 5.50. The molecule has 0 saturated carbocycles. The predicted molar refractivity (Wildman–Crippen MR) is 113 cm³/mol. The fourth-order valence-electron chi connectivity index (χ4n) is 3.08. The molecule has 0 aliphatic heterocycles. The van der Waals surface area contributed by atoms with Gasteiger partial charge in [-0.25, -0.2) is 0 Å². The van der Waals surface area contributed by atoms with Gasteiger partial charge in [-0.15, -0.1) is 6.58 Å². The lowest BCUT2D eigenvalue weighted by molar-refractivity contribution is 0.103. The molecule has 0 saturated heterocycles. The zero-order valence-corrected chi connectivity index (χ0v) is 15.9. The van der Waals surface area contributed by atoms with Gasteiger partial charge in [0.15, 0.2) is 5.78 Å². The summed E-state index contributed by atoms with van der Waals surface area (Å²) in [5, 5.41) is 8.87. The highest BCUT2D eigenvalue weighted by atomic mass is 16.1. The number of rotatable bonds is 7. The molecule has 0 aromatic heterocycles. The Morgan fingerprint density at radius 1 is 0.929 bits per heavy atom. The molecule has 0 fully saturated rings. The van der Waals surface area contributed by atoms with Crippen molar-refractivity contribution in [1.82, 2.24) is 4.90 Å². The van der Waals surface area contributed by atoms with E-state index < -0.39 is 0 Å². The predicted octanol–water partition coefficient (Wildman–Crippen LogP) is 5.07. The lowest BCUT2D eigenvalue weighted by Gasteiger charge is -2.14. The van der Waals surface area contributed by atoms with E-state index >= 15 is 0 Å². The molecule has 0 atom stereocenters. The molecule has 0 aliphatic rings. The van der Waals surface area contributed by atoms with Crippen LogP contribution >= 0.6 is 0 Å². The zero-order valence-electron chi connectivity index (χ0n) is 15.9. The Labute approximate surface area is 166 Å². The summed E-state index contributed by atoms with van der Waals surface area (Å²) in [5.41, 5.74) is 5.21. The van der Waals surface area contributed by atoms with E-state index in [4.69, 9.17) is 5.26 Å². The van der Waals surface area contributed by atoms with Gasteiger partial charge >= 0.3 is 0 Å². The van der Waals surface area contributed by atoms with Crippen LogP contribution in [0, 0.1) is 11.3 Å². The van der Waals surface area contributed by atoms with Crippen LogP contribution in [0.5, 0.6) is 0 Å². The van der Waals surface area contributed by atoms with Crippen LogP contribution < -0.4 is 0 Å². The van der Waals surface area contributed by atoms with Crippen molar-refractivity contribution >= 4 is 5.78 Å². The molecule has 0 N–H and O–H groups in total. The summed E-state index contributed by atoms with van der Waals surface area (Å²) in [6.07, 6.45) is 1.90. The lowest BCUT2D eigenvalue weighted by atomic mass is 9.98. The van der Waals surface area contributed by atoms with Gasteiger partial charge in [-0.1, -0.05) is 54.6 Å². The minimum absolute atomic E-state index is 0.0448. The molecule has 3 nitrogen and oxygen atoms in total. The van der Waals surface area contributed by atoms with Crippen LogP contribution in [-0.4, -0.2) is 24.3 Å². The molecule has 0 aliphatic carbocycles. The Bertz CT molecular complexity index is 994. The molecule has 3 aromatic rings. The van der Waals surface area contributed by atoms with Crippen LogP contribution in [0.25, 0.3) is 11.1 Å². The molecule has 28 heavy (non-hydrogen) atoms. The first-order valence-corrected chi connectivity index (χ1v) is 9.14. The molecule has 3 rings (SSSR count). The van der Waals surface area contributed by atoms with E-state index in [-0.39, 0.29) is 5.78 Å². The number of carbonyl (C=O) groups is 1. The maximum atomic E-state index is 12.6. The summed E-state index contributed by atoms with van der Waals surface area (Å²) in [6, 6.07) is 24.9. The second-order valence-electron chi connectivity index (χ2n) is 6.78. The van der Waals surface area contributed by atoms with Crippen molar-refractivity contribution in [3.05, 3.63) is 108 Å². The molecule has 3 aromatic carbocycles. The largest absolute Gasteiger partial charge is 0.298 e. The van der Waals surface area contributed by atoms with Crippen molar-refractivity contribution in [3.8, 4) is 17.2 Å². The number of nitrogens with zero attached hydrogens (tertiary/aromatic N) is 2. The van der Waals surface area contributed by atoms with Crippen molar-refractivity contribution < 1.29 is 4.79 Å². The van der Waals surface area contributed by atoms with Gasteiger partial charge in [0, 0.05) is 24.2 Å². The van der Waals surface area contributed by atoms with Crippen LogP contribution in [0.1, 0.15) is 27.0 Å². The van der Waals surface area contributed by atoms with Gasteiger partial charge in [-0.3, -0.25) is 9.69 Å². The van der Waals surface area contributed by atoms with Gasteiger partial charge in [-0.05, 0) is 48.0 Å². The average Bonchev–Trinajstić information content (AvgIpc) is 2.74. The monoisotopic (exact) mass is 366 g/mol. The minimum Gasteiger partial charge on any atom is -0.298 e. The van der Waals surface area contributed by atoms with E-state index in [1.807, 2.05) is 30.3 Å². The Morgan fingerprint density at radius 2 is 1.43 bits per heavy atom. The Hall–Kier alpha value is -3.48. The number of hydrogen-bond donors (Lipinski definition) is 0. The quantitative estimate of drug-likeness (QED) is 0.433. The Balaban J connectivity index is 1.72. The second kappa shape index (κ2) is 8.94. The van der Waals surface area contributed by atoms with Crippen LogP contribution in [0.15, 0.2) is 85.5 Å². The maximum Gasteiger partial charge on any atom is 0.193 e. The molecule has 0 spiro atoms. The van der Waals surface area contributed by atoms with Gasteiger partial charge in [0.1, 0.15) is 0 Å². The highest BCUT2D eigenvalue weighted by molar-refractivity contribution is 6.09. The molecule has 0 amide bonds. The molecule has 3 heteroatoms. The van der Waals surface area contributed by atoms with E-state index in [9.17, 15) is 4.79 Å². The fourth-order valence-corrected chi connectivity index (χ4v) is 3.08. The van der Waals surface area contributed by atoms with Crippen molar-refractivity contribution in [3.63, 3.8) is 0 Å². The van der Waals surface area contributed by atoms with Gasteiger partial charge in [0.2, 0.25) is 0 Å². The molecule has 138 valence electrons. The van der Waals surface area contributed by atoms with E-state index in [1.54, 1.807) is 24.3 Å². The van der Waals surface area contributed by atoms with Crippen LogP contribution in [0.2, 0.25) is 0 Å². The van der Waals surface area contributed by atoms with Crippen molar-refractivity contribution in [2.75, 3.05) is 13.6 Å². The van der Waals surface area contributed by atoms with Gasteiger partial charge in [-0.2, -0.15) is 5.26 Å². The third-order valence-electron chi connectivity index (χ3n) is 4.60. The highest BCUT2D eigenvalue weighted by Crippen LogP contribution is 2.22. The third-order valence-corrected chi connectivity index (χ3v) is 4.60. The molecule has 0 heterocycles. The lowest BCUT2D eigenvalue weighted by Crippen LogP contribution is -2.17. The normalized spacial score (nSPS) is 10.5. The van der Waals surface area contributed by atoms with E-state index in [0.29, 0.717) is 16.7 Å². The van der Waals surface area contributed by atoms with Crippen molar-refractivity contribution in [2.45, 2.75) is 6.54 Å². The van der Waals surface area contributed by atoms with Crippen LogP contribution in [-0.2, 0) is 6.54 Å². The first-order valence-electron chi connectivity index (χ1n) is 9.14. The Morgan fingerprint density at radius 3 is 1.93 bits per heavy atom. The van der Waals surface area contributed by atoms with Crippen molar-refractivity contribution in [1.29, 1.82) is 5.26 Å². The van der Waals surface area contributed by atoms with E-state index in [2.05, 4.69) is 48.9 Å². The topological polar surface area (TPSA) is 44.1 Å². The smallest absolute Gasteiger partial charge is 0.193 e. The number of nitriles is 1. The molecule has 0 unspecified atom stereocenters. The fraction of sp³-hybridized carbons (Fsp3) is 0.120. The second-order valence-corrected chi connectivity index (χ2v) is 6.78. The summed E-state index contributed by atoms with van der Waals surface area (Å²) >= 11 is 0. The summed E-state index contributed by atoms with van der Waals surface area (Å²) in [7, 11) is 2.07. The maximum absolute atomic E-state index is 12.6. The first kappa shape index (κ1) is 19.3. The van der Waals surface area contributed by atoms with E-state index in [1.165, 1.54) is 5.56 Å². The number of likely N-dealkylation sites (N-methyl/N-ethyl adjacent to an activating group) is 1. The van der Waals surface area contributed by atoms with Gasteiger partial charge < -0.3 is 0 Å². The van der Waals surface area contributed by atoms with Gasteiger partial charge in [0.25, 0.3) is 0 Å². The SMILES string of the molecule is C=CCN(C)Cc1ccc(-c2ccc(C(=O)c3ccc(C#N)cc3)cc2)cc1. The summed E-state index contributed by atoms with van der Waals surface area (Å²) in [4.78, 5) is 14.8. The Kier molecular flexibility index (Phi) is 6.16. The molecule has 0 bridgehead atoms. The highest BCUT2D eigenvalue weighted by Gasteiger charge is 2.09. The molecular weight excluding hydrogens is 344 g/mol. The van der Waals surface area contributed by atoms with Crippen LogP contribution in [0.4, 0.5) is 0 Å². The summed E-state index contributed by atoms with van der Waals surface area (Å²) < 4.78 is 0. The van der Waals surface area contributed by atoms with E-state index in [0.717, 1.165) is 24.2 Å². The standard InChI is InChI=1S/C25H22N2O/c1-3-16-27(2)18-20-6-8-21(9-7-20)22-12-14-24(15-13-22)25(28)23-10-4-19(17-26)5-11-23/h3-15H,1,16,18H2,2H3. The zero-order chi connectivity index (χ0) is 19.9. The molecule has 0 radical (unpaired) electrons. The number of benzene rings is 3. The first-order chi connectivity index (χ1) is 13.6. The molecular formula is C25H22N2O. The minimum atomic E-state index is -0.0448. The average molecular weight is 366 g/mol. The number of hydrogen-bond acceptors (Lipinski definition) is 3. The third kappa shape index (κ3) is 4.62. The van der Waals surface area contributed by atoms with Crippen molar-refractivity contribution in [2.24, 2.45) is 0 Å². The number of ketones is 1. The van der Waals surface area contributed by atoms with Gasteiger partial charge in [0.05, 0.1) is 11.6 Å². The number of carbonyl (C=O) groups excluding carboxylic acids is 1. The van der Waals surface area contributed by atoms with Crippen LogP contribution in [0.3, 0.4) is 0 Å². The summed E-state index contributed by atoms with van der Waals surface area (Å²) in [5.74, 6) is -0.0448.